The Kier molecular flexibility index (Phi) is 4.43. The van der Waals surface area contributed by atoms with Crippen LogP contribution < -0.4 is 0 Å². The number of amides is 1. The molecule has 0 aliphatic carbocycles. The van der Waals surface area contributed by atoms with E-state index in [1.807, 2.05) is 4.90 Å². The average Bonchev–Trinajstić information content (AvgIpc) is 2.41. The van der Waals surface area contributed by atoms with Crippen molar-refractivity contribution in [3.8, 4) is 5.75 Å². The smallest absolute Gasteiger partial charge is 0.226 e. The lowest BCUT2D eigenvalue weighted by molar-refractivity contribution is -0.131. The summed E-state index contributed by atoms with van der Waals surface area (Å²) in [6, 6.07) is 7.46. The lowest BCUT2D eigenvalue weighted by atomic mass is 10.0. The molecule has 0 aromatic heterocycles. The molecule has 1 aliphatic heterocycles. The van der Waals surface area contributed by atoms with Gasteiger partial charge in [0.1, 0.15) is 5.75 Å². The monoisotopic (exact) mass is 262 g/mol. The Morgan fingerprint density at radius 3 is 2.37 bits per heavy atom. The van der Waals surface area contributed by atoms with E-state index < -0.39 is 0 Å². The largest absolute Gasteiger partial charge is 0.508 e. The van der Waals surface area contributed by atoms with Crippen LogP contribution in [0, 0.1) is 0 Å². The molecule has 1 aromatic rings. The van der Waals surface area contributed by atoms with Gasteiger partial charge in [0.2, 0.25) is 5.91 Å². The highest BCUT2D eigenvalue weighted by Gasteiger charge is 2.23. The minimum absolute atomic E-state index is 0.183. The van der Waals surface area contributed by atoms with Crippen LogP contribution in [0.4, 0.5) is 0 Å². The molecule has 0 radical (unpaired) electrons. The van der Waals surface area contributed by atoms with Gasteiger partial charge in [-0.25, -0.2) is 0 Å². The van der Waals surface area contributed by atoms with Gasteiger partial charge in [0.25, 0.3) is 0 Å². The fourth-order valence-corrected chi connectivity index (χ4v) is 2.53. The van der Waals surface area contributed by atoms with Crippen molar-refractivity contribution in [2.75, 3.05) is 27.2 Å². The van der Waals surface area contributed by atoms with E-state index in [4.69, 9.17) is 0 Å². The summed E-state index contributed by atoms with van der Waals surface area (Å²) in [6.07, 6.45) is 2.52. The second-order valence-electron chi connectivity index (χ2n) is 5.42. The van der Waals surface area contributed by atoms with Gasteiger partial charge in [-0.05, 0) is 44.6 Å². The number of piperidine rings is 1. The van der Waals surface area contributed by atoms with Gasteiger partial charge in [0.05, 0.1) is 6.42 Å². The molecule has 0 atom stereocenters. The quantitative estimate of drug-likeness (QED) is 0.897. The Labute approximate surface area is 114 Å². The summed E-state index contributed by atoms with van der Waals surface area (Å²) in [5.74, 6) is 0.422. The van der Waals surface area contributed by atoms with Crippen molar-refractivity contribution < 1.29 is 9.90 Å². The van der Waals surface area contributed by atoms with E-state index in [-0.39, 0.29) is 11.7 Å². The lowest BCUT2D eigenvalue weighted by Gasteiger charge is -2.35. The molecule has 1 amide bonds. The number of phenols is 1. The molecule has 1 saturated heterocycles. The highest BCUT2D eigenvalue weighted by molar-refractivity contribution is 5.78. The molecule has 0 bridgehead atoms. The van der Waals surface area contributed by atoms with Crippen LogP contribution in [0.5, 0.6) is 5.75 Å². The second-order valence-corrected chi connectivity index (χ2v) is 5.42. The first-order valence-electron chi connectivity index (χ1n) is 6.78. The summed E-state index contributed by atoms with van der Waals surface area (Å²) < 4.78 is 0. The SMILES string of the molecule is CN(C)C1CCN(C(=O)Cc2ccc(O)cc2)CC1. The molecule has 0 spiro atoms. The van der Waals surface area contributed by atoms with E-state index in [1.54, 1.807) is 24.3 Å². The maximum atomic E-state index is 12.2. The van der Waals surface area contributed by atoms with E-state index in [0.29, 0.717) is 12.5 Å². The predicted molar refractivity (Wildman–Crippen MR) is 75.1 cm³/mol. The molecular formula is C15H22N2O2. The van der Waals surface area contributed by atoms with Crippen LogP contribution in [0.3, 0.4) is 0 Å². The number of carbonyl (C=O) groups excluding carboxylic acids is 1. The first kappa shape index (κ1) is 13.9. The maximum Gasteiger partial charge on any atom is 0.226 e. The topological polar surface area (TPSA) is 43.8 Å². The molecule has 0 saturated carbocycles. The Morgan fingerprint density at radius 2 is 1.84 bits per heavy atom. The van der Waals surface area contributed by atoms with Crippen LogP contribution >= 0.6 is 0 Å². The number of benzene rings is 1. The van der Waals surface area contributed by atoms with Crippen LogP contribution in [0.2, 0.25) is 0 Å². The average molecular weight is 262 g/mol. The summed E-state index contributed by atoms with van der Waals surface area (Å²) >= 11 is 0. The standard InChI is InChI=1S/C15H22N2O2/c1-16(2)13-7-9-17(10-8-13)15(19)11-12-3-5-14(18)6-4-12/h3-6,13,18H,7-11H2,1-2H3. The van der Waals surface area contributed by atoms with Gasteiger partial charge in [-0.1, -0.05) is 12.1 Å². The minimum Gasteiger partial charge on any atom is -0.508 e. The normalized spacial score (nSPS) is 16.9. The predicted octanol–water partition coefficient (Wildman–Crippen LogP) is 1.49. The molecule has 19 heavy (non-hydrogen) atoms. The number of nitrogens with zero attached hydrogens (tertiary/aromatic N) is 2. The van der Waals surface area contributed by atoms with Crippen LogP contribution in [0.1, 0.15) is 18.4 Å². The van der Waals surface area contributed by atoms with Gasteiger partial charge in [-0.2, -0.15) is 0 Å². The van der Waals surface area contributed by atoms with Crippen molar-refractivity contribution in [2.24, 2.45) is 0 Å². The van der Waals surface area contributed by atoms with Crippen molar-refractivity contribution in [3.05, 3.63) is 29.8 Å². The fraction of sp³-hybridized carbons (Fsp3) is 0.533. The summed E-state index contributed by atoms with van der Waals surface area (Å²) in [5, 5.41) is 9.22. The molecule has 2 rings (SSSR count). The number of likely N-dealkylation sites (tertiary alicyclic amines) is 1. The second kappa shape index (κ2) is 6.06. The van der Waals surface area contributed by atoms with Gasteiger partial charge >= 0.3 is 0 Å². The van der Waals surface area contributed by atoms with Crippen LogP contribution in [-0.2, 0) is 11.2 Å². The van der Waals surface area contributed by atoms with Crippen molar-refractivity contribution in [1.29, 1.82) is 0 Å². The third-order valence-corrected chi connectivity index (χ3v) is 3.84. The summed E-state index contributed by atoms with van der Waals surface area (Å²) in [7, 11) is 4.19. The minimum atomic E-state index is 0.183. The molecule has 1 fully saturated rings. The molecule has 104 valence electrons. The van der Waals surface area contributed by atoms with Gasteiger partial charge in [0, 0.05) is 19.1 Å². The highest BCUT2D eigenvalue weighted by Crippen LogP contribution is 2.16. The summed E-state index contributed by atoms with van der Waals surface area (Å²) in [5.41, 5.74) is 0.956. The third kappa shape index (κ3) is 3.70. The first-order chi connectivity index (χ1) is 9.06. The maximum absolute atomic E-state index is 12.2. The highest BCUT2D eigenvalue weighted by atomic mass is 16.3. The molecule has 1 aromatic carbocycles. The van der Waals surface area contributed by atoms with E-state index in [0.717, 1.165) is 31.5 Å². The van der Waals surface area contributed by atoms with Crippen molar-refractivity contribution in [3.63, 3.8) is 0 Å². The Bertz CT molecular complexity index is 420. The van der Waals surface area contributed by atoms with E-state index >= 15 is 0 Å². The van der Waals surface area contributed by atoms with Crippen molar-refractivity contribution >= 4 is 5.91 Å². The number of aromatic hydroxyl groups is 1. The number of rotatable bonds is 3. The van der Waals surface area contributed by atoms with Crippen LogP contribution in [0.25, 0.3) is 0 Å². The van der Waals surface area contributed by atoms with E-state index in [9.17, 15) is 9.90 Å². The summed E-state index contributed by atoms with van der Waals surface area (Å²) in [6.45, 7) is 1.69. The molecule has 4 heteroatoms. The molecule has 1 N–H and O–H groups in total. The lowest BCUT2D eigenvalue weighted by Crippen LogP contribution is -2.44. The Morgan fingerprint density at radius 1 is 1.26 bits per heavy atom. The van der Waals surface area contributed by atoms with Gasteiger partial charge in [-0.15, -0.1) is 0 Å². The number of carbonyl (C=O) groups is 1. The van der Waals surface area contributed by atoms with E-state index in [2.05, 4.69) is 19.0 Å². The van der Waals surface area contributed by atoms with Gasteiger partial charge in [0.15, 0.2) is 0 Å². The zero-order chi connectivity index (χ0) is 13.8. The fourth-order valence-electron chi connectivity index (χ4n) is 2.53. The molecule has 0 unspecified atom stereocenters. The Balaban J connectivity index is 1.86. The number of phenolic OH excluding ortho intramolecular Hbond substituents is 1. The third-order valence-electron chi connectivity index (χ3n) is 3.84. The molecule has 4 nitrogen and oxygen atoms in total. The zero-order valence-corrected chi connectivity index (χ0v) is 11.7. The zero-order valence-electron chi connectivity index (χ0n) is 11.7. The van der Waals surface area contributed by atoms with Gasteiger partial charge < -0.3 is 14.9 Å². The van der Waals surface area contributed by atoms with Crippen LogP contribution in [0.15, 0.2) is 24.3 Å². The van der Waals surface area contributed by atoms with Crippen molar-refractivity contribution in [2.45, 2.75) is 25.3 Å². The summed E-state index contributed by atoms with van der Waals surface area (Å²) in [4.78, 5) is 16.4. The van der Waals surface area contributed by atoms with Crippen LogP contribution in [-0.4, -0.2) is 54.0 Å². The van der Waals surface area contributed by atoms with E-state index in [1.165, 1.54) is 0 Å². The molecular weight excluding hydrogens is 240 g/mol. The first-order valence-corrected chi connectivity index (χ1v) is 6.78. The van der Waals surface area contributed by atoms with Gasteiger partial charge in [-0.3, -0.25) is 4.79 Å². The number of hydrogen-bond acceptors (Lipinski definition) is 3. The molecule has 1 aliphatic rings. The molecule has 1 heterocycles. The Hall–Kier alpha value is -1.55. The number of hydrogen-bond donors (Lipinski definition) is 1. The van der Waals surface area contributed by atoms with Crippen molar-refractivity contribution in [1.82, 2.24) is 9.80 Å².